The number of hydrogen-bond acceptors (Lipinski definition) is 4. The number of esters is 1. The zero-order valence-electron chi connectivity index (χ0n) is 14.4. The number of carbonyl (C=O) groups is 2. The van der Waals surface area contributed by atoms with Gasteiger partial charge in [0.15, 0.2) is 6.10 Å². The minimum Gasteiger partial charge on any atom is -0.449 e. The number of aromatic nitrogens is 2. The van der Waals surface area contributed by atoms with Crippen molar-refractivity contribution in [2.75, 3.05) is 5.32 Å². The first-order chi connectivity index (χ1) is 11.4. The van der Waals surface area contributed by atoms with Gasteiger partial charge in [-0.25, -0.2) is 9.48 Å². The number of nitrogens with one attached hydrogen (secondary N) is 1. The number of amides is 1. The lowest BCUT2D eigenvalue weighted by atomic mass is 10.1. The van der Waals surface area contributed by atoms with Crippen molar-refractivity contribution in [2.45, 2.75) is 46.3 Å². The predicted octanol–water partition coefficient (Wildman–Crippen LogP) is 3.21. The number of nitrogens with zero attached hydrogens (tertiary/aromatic N) is 2. The lowest BCUT2D eigenvalue weighted by Crippen LogP contribution is -2.31. The van der Waals surface area contributed by atoms with Crippen LogP contribution in [0.1, 0.15) is 49.7 Å². The lowest BCUT2D eigenvalue weighted by molar-refractivity contribution is -0.123. The van der Waals surface area contributed by atoms with E-state index < -0.39 is 18.0 Å². The Kier molecular flexibility index (Phi) is 5.73. The zero-order valence-corrected chi connectivity index (χ0v) is 14.4. The maximum atomic E-state index is 12.2. The molecule has 0 bridgehead atoms. The van der Waals surface area contributed by atoms with Crippen molar-refractivity contribution in [3.8, 4) is 0 Å². The second-order valence-corrected chi connectivity index (χ2v) is 5.84. The average molecular weight is 329 g/mol. The predicted molar refractivity (Wildman–Crippen MR) is 91.9 cm³/mol. The SMILES string of the molecule is CCc1ccc(C(=O)O[C@H](C)C(=O)Nc2ccnn2C(C)C)cc1. The van der Waals surface area contributed by atoms with Crippen molar-refractivity contribution in [2.24, 2.45) is 0 Å². The molecule has 0 radical (unpaired) electrons. The molecule has 24 heavy (non-hydrogen) atoms. The van der Waals surface area contributed by atoms with E-state index in [0.717, 1.165) is 12.0 Å². The highest BCUT2D eigenvalue weighted by Crippen LogP contribution is 2.14. The van der Waals surface area contributed by atoms with Crippen molar-refractivity contribution in [3.63, 3.8) is 0 Å². The summed E-state index contributed by atoms with van der Waals surface area (Å²) in [6, 6.07) is 8.99. The molecule has 128 valence electrons. The molecule has 6 nitrogen and oxygen atoms in total. The maximum Gasteiger partial charge on any atom is 0.338 e. The molecule has 0 spiro atoms. The minimum atomic E-state index is -0.904. The largest absolute Gasteiger partial charge is 0.449 e. The van der Waals surface area contributed by atoms with Crippen LogP contribution in [0, 0.1) is 0 Å². The topological polar surface area (TPSA) is 73.2 Å². The van der Waals surface area contributed by atoms with Crippen molar-refractivity contribution in [3.05, 3.63) is 47.7 Å². The number of anilines is 1. The smallest absolute Gasteiger partial charge is 0.338 e. The molecular formula is C18H23N3O3. The summed E-state index contributed by atoms with van der Waals surface area (Å²) < 4.78 is 6.93. The number of ether oxygens (including phenoxy) is 1. The van der Waals surface area contributed by atoms with E-state index in [1.165, 1.54) is 0 Å². The van der Waals surface area contributed by atoms with Crippen molar-refractivity contribution < 1.29 is 14.3 Å². The summed E-state index contributed by atoms with van der Waals surface area (Å²) in [5, 5.41) is 6.88. The van der Waals surface area contributed by atoms with Gasteiger partial charge in [0.05, 0.1) is 11.8 Å². The lowest BCUT2D eigenvalue weighted by Gasteiger charge is -2.15. The van der Waals surface area contributed by atoms with Gasteiger partial charge in [0.2, 0.25) is 0 Å². The minimum absolute atomic E-state index is 0.116. The van der Waals surface area contributed by atoms with Crippen LogP contribution in [0.5, 0.6) is 0 Å². The highest BCUT2D eigenvalue weighted by Gasteiger charge is 2.20. The van der Waals surface area contributed by atoms with Gasteiger partial charge in [-0.2, -0.15) is 5.10 Å². The molecule has 2 rings (SSSR count). The Morgan fingerprint density at radius 2 is 1.83 bits per heavy atom. The van der Waals surface area contributed by atoms with Gasteiger partial charge in [-0.15, -0.1) is 0 Å². The number of aryl methyl sites for hydroxylation is 1. The number of carbonyl (C=O) groups excluding carboxylic acids is 2. The molecule has 1 atom stereocenters. The summed E-state index contributed by atoms with van der Waals surface area (Å²) in [4.78, 5) is 24.3. The van der Waals surface area contributed by atoms with Crippen LogP contribution in [-0.2, 0) is 16.0 Å². The fourth-order valence-electron chi connectivity index (χ4n) is 2.21. The molecule has 0 unspecified atom stereocenters. The van der Waals surface area contributed by atoms with E-state index >= 15 is 0 Å². The van der Waals surface area contributed by atoms with Crippen LogP contribution in [0.4, 0.5) is 5.82 Å². The van der Waals surface area contributed by atoms with Gasteiger partial charge in [-0.05, 0) is 44.9 Å². The maximum absolute atomic E-state index is 12.2. The Bertz CT molecular complexity index is 705. The molecule has 1 heterocycles. The van der Waals surface area contributed by atoms with Gasteiger partial charge >= 0.3 is 5.97 Å². The highest BCUT2D eigenvalue weighted by atomic mass is 16.5. The van der Waals surface area contributed by atoms with Gasteiger partial charge in [-0.1, -0.05) is 19.1 Å². The van der Waals surface area contributed by atoms with E-state index in [9.17, 15) is 9.59 Å². The van der Waals surface area contributed by atoms with E-state index in [4.69, 9.17) is 4.74 Å². The highest BCUT2D eigenvalue weighted by molar-refractivity contribution is 5.96. The van der Waals surface area contributed by atoms with Gasteiger partial charge < -0.3 is 10.1 Å². The average Bonchev–Trinajstić information content (AvgIpc) is 3.03. The molecule has 0 saturated carbocycles. The summed E-state index contributed by atoms with van der Waals surface area (Å²) >= 11 is 0. The van der Waals surface area contributed by atoms with Crippen molar-refractivity contribution in [1.29, 1.82) is 0 Å². The third-order valence-corrected chi connectivity index (χ3v) is 3.66. The summed E-state index contributed by atoms with van der Waals surface area (Å²) in [7, 11) is 0. The summed E-state index contributed by atoms with van der Waals surface area (Å²) in [6.45, 7) is 7.52. The number of benzene rings is 1. The summed E-state index contributed by atoms with van der Waals surface area (Å²) in [5.41, 5.74) is 1.57. The van der Waals surface area contributed by atoms with Gasteiger partial charge in [0.25, 0.3) is 5.91 Å². The fourth-order valence-corrected chi connectivity index (χ4v) is 2.21. The number of hydrogen-bond donors (Lipinski definition) is 1. The van der Waals surface area contributed by atoms with E-state index in [-0.39, 0.29) is 6.04 Å². The van der Waals surface area contributed by atoms with Crippen LogP contribution in [0.15, 0.2) is 36.5 Å². The van der Waals surface area contributed by atoms with Crippen LogP contribution in [0.2, 0.25) is 0 Å². The molecule has 1 aromatic heterocycles. The number of rotatable bonds is 6. The first-order valence-electron chi connectivity index (χ1n) is 8.06. The molecular weight excluding hydrogens is 306 g/mol. The molecule has 1 amide bonds. The first-order valence-corrected chi connectivity index (χ1v) is 8.06. The van der Waals surface area contributed by atoms with Gasteiger partial charge in [-0.3, -0.25) is 4.79 Å². The molecule has 0 saturated heterocycles. The molecule has 0 aliphatic heterocycles. The van der Waals surface area contributed by atoms with E-state index in [1.807, 2.05) is 32.9 Å². The molecule has 6 heteroatoms. The van der Waals surface area contributed by atoms with E-state index in [2.05, 4.69) is 10.4 Å². The quantitative estimate of drug-likeness (QED) is 0.826. The van der Waals surface area contributed by atoms with E-state index in [0.29, 0.717) is 11.4 Å². The van der Waals surface area contributed by atoms with Crippen LogP contribution < -0.4 is 5.32 Å². The monoisotopic (exact) mass is 329 g/mol. The summed E-state index contributed by atoms with van der Waals surface area (Å²) in [5.74, 6) is -0.334. The van der Waals surface area contributed by atoms with E-state index in [1.54, 1.807) is 36.0 Å². The van der Waals surface area contributed by atoms with Crippen molar-refractivity contribution in [1.82, 2.24) is 9.78 Å². The molecule has 0 fully saturated rings. The van der Waals surface area contributed by atoms with Gasteiger partial charge in [0.1, 0.15) is 5.82 Å². The Hall–Kier alpha value is -2.63. The Labute approximate surface area is 141 Å². The molecule has 1 aromatic carbocycles. The Balaban J connectivity index is 1.97. The fraction of sp³-hybridized carbons (Fsp3) is 0.389. The van der Waals surface area contributed by atoms with Crippen LogP contribution >= 0.6 is 0 Å². The molecule has 0 aliphatic carbocycles. The third-order valence-electron chi connectivity index (χ3n) is 3.66. The zero-order chi connectivity index (χ0) is 17.7. The van der Waals surface area contributed by atoms with Crippen molar-refractivity contribution >= 4 is 17.7 Å². The third kappa shape index (κ3) is 4.22. The van der Waals surface area contributed by atoms with Crippen LogP contribution in [-0.4, -0.2) is 27.8 Å². The summed E-state index contributed by atoms with van der Waals surface area (Å²) in [6.07, 6.45) is 1.61. The van der Waals surface area contributed by atoms with Crippen LogP contribution in [0.25, 0.3) is 0 Å². The van der Waals surface area contributed by atoms with Crippen LogP contribution in [0.3, 0.4) is 0 Å². The van der Waals surface area contributed by atoms with Gasteiger partial charge in [0, 0.05) is 12.1 Å². The second-order valence-electron chi connectivity index (χ2n) is 5.84. The first kappa shape index (κ1) is 17.7. The Morgan fingerprint density at radius 3 is 2.42 bits per heavy atom. The Morgan fingerprint density at radius 1 is 1.17 bits per heavy atom. The molecule has 2 aromatic rings. The normalized spacial score (nSPS) is 12.0. The standard InChI is InChI=1S/C18H23N3O3/c1-5-14-6-8-15(9-7-14)18(23)24-13(4)17(22)20-16-10-11-19-21(16)12(2)3/h6-13H,5H2,1-4H3,(H,20,22)/t13-/m1/s1. The second kappa shape index (κ2) is 7.77. The molecule has 0 aliphatic rings. The molecule has 1 N–H and O–H groups in total.